The zero-order valence-electron chi connectivity index (χ0n) is 15.6. The second kappa shape index (κ2) is 7.84. The highest BCUT2D eigenvalue weighted by Crippen LogP contribution is 2.23. The average molecular weight is 377 g/mol. The van der Waals surface area contributed by atoms with E-state index in [0.29, 0.717) is 29.8 Å². The summed E-state index contributed by atoms with van der Waals surface area (Å²) in [5, 5.41) is 5.77. The predicted molar refractivity (Wildman–Crippen MR) is 108 cm³/mol. The minimum Gasteiger partial charge on any atom is -0.349 e. The van der Waals surface area contributed by atoms with E-state index in [4.69, 9.17) is 0 Å². The summed E-state index contributed by atoms with van der Waals surface area (Å²) in [6.07, 6.45) is 4.51. The molecule has 0 radical (unpaired) electrons. The van der Waals surface area contributed by atoms with Crippen LogP contribution in [-0.4, -0.2) is 30.3 Å². The summed E-state index contributed by atoms with van der Waals surface area (Å²) >= 11 is 0. The van der Waals surface area contributed by atoms with Crippen LogP contribution in [0, 0.1) is 0 Å². The van der Waals surface area contributed by atoms with Crippen LogP contribution >= 0.6 is 0 Å². The maximum absolute atomic E-state index is 12.7. The summed E-state index contributed by atoms with van der Waals surface area (Å²) in [6, 6.07) is 14.3. The highest BCUT2D eigenvalue weighted by molar-refractivity contribution is 6.09. The van der Waals surface area contributed by atoms with E-state index in [1.54, 1.807) is 53.4 Å². The number of nitrogens with zero attached hydrogens (tertiary/aromatic N) is 1. The first-order valence-corrected chi connectivity index (χ1v) is 9.73. The molecule has 0 bridgehead atoms. The topological polar surface area (TPSA) is 78.5 Å². The molecule has 1 saturated heterocycles. The number of piperidine rings is 1. The van der Waals surface area contributed by atoms with Crippen molar-refractivity contribution in [1.82, 2.24) is 5.32 Å². The predicted octanol–water partition coefficient (Wildman–Crippen LogP) is 3.35. The van der Waals surface area contributed by atoms with Crippen LogP contribution in [0.1, 0.15) is 52.8 Å². The van der Waals surface area contributed by atoms with Gasteiger partial charge in [0.25, 0.3) is 11.8 Å². The summed E-state index contributed by atoms with van der Waals surface area (Å²) in [4.78, 5) is 38.8. The molecule has 2 aliphatic rings. The summed E-state index contributed by atoms with van der Waals surface area (Å²) in [5.41, 5.74) is 2.23. The van der Waals surface area contributed by atoms with Crippen molar-refractivity contribution in [1.29, 1.82) is 0 Å². The maximum atomic E-state index is 12.7. The number of carbonyl (C=O) groups is 3. The molecule has 0 atom stereocenters. The lowest BCUT2D eigenvalue weighted by atomic mass is 10.1. The first-order chi connectivity index (χ1) is 13.6. The number of amides is 3. The van der Waals surface area contributed by atoms with Crippen LogP contribution in [-0.2, 0) is 4.79 Å². The van der Waals surface area contributed by atoms with E-state index in [0.717, 1.165) is 31.4 Å². The Morgan fingerprint density at radius 1 is 0.929 bits per heavy atom. The van der Waals surface area contributed by atoms with Gasteiger partial charge in [0.1, 0.15) is 0 Å². The smallest absolute Gasteiger partial charge is 0.255 e. The number of para-hydroxylation sites is 1. The summed E-state index contributed by atoms with van der Waals surface area (Å²) in [5.74, 6) is -0.334. The second-order valence-electron chi connectivity index (χ2n) is 7.30. The lowest BCUT2D eigenvalue weighted by Crippen LogP contribution is -2.35. The normalized spacial score (nSPS) is 16.6. The number of rotatable bonds is 5. The van der Waals surface area contributed by atoms with Gasteiger partial charge in [0.05, 0.1) is 11.3 Å². The monoisotopic (exact) mass is 377 g/mol. The first-order valence-electron chi connectivity index (χ1n) is 9.73. The molecule has 2 N–H and O–H groups in total. The second-order valence-corrected chi connectivity index (χ2v) is 7.30. The van der Waals surface area contributed by atoms with Gasteiger partial charge in [-0.3, -0.25) is 14.4 Å². The van der Waals surface area contributed by atoms with Gasteiger partial charge in [-0.15, -0.1) is 0 Å². The average Bonchev–Trinajstić information content (AvgIpc) is 3.53. The maximum Gasteiger partial charge on any atom is 0.255 e. The molecule has 28 heavy (non-hydrogen) atoms. The SMILES string of the molecule is O=C(Nc1ccccc1C(=O)NC1CC1)c1ccc(N2CCCCC2=O)cc1. The largest absolute Gasteiger partial charge is 0.349 e. The van der Waals surface area contributed by atoms with E-state index in [1.807, 2.05) is 0 Å². The van der Waals surface area contributed by atoms with E-state index >= 15 is 0 Å². The van der Waals surface area contributed by atoms with Crippen molar-refractivity contribution in [3.8, 4) is 0 Å². The summed E-state index contributed by atoms with van der Waals surface area (Å²) in [6.45, 7) is 0.716. The third kappa shape index (κ3) is 4.06. The Balaban J connectivity index is 1.46. The number of anilines is 2. The van der Waals surface area contributed by atoms with Gasteiger partial charge in [0.2, 0.25) is 5.91 Å². The molecule has 1 aliphatic carbocycles. The molecule has 2 fully saturated rings. The molecule has 1 aliphatic heterocycles. The van der Waals surface area contributed by atoms with Crippen LogP contribution in [0.5, 0.6) is 0 Å². The van der Waals surface area contributed by atoms with Crippen molar-refractivity contribution < 1.29 is 14.4 Å². The zero-order valence-corrected chi connectivity index (χ0v) is 15.6. The number of benzene rings is 2. The van der Waals surface area contributed by atoms with E-state index in [9.17, 15) is 14.4 Å². The Hall–Kier alpha value is -3.15. The van der Waals surface area contributed by atoms with E-state index < -0.39 is 0 Å². The fourth-order valence-electron chi connectivity index (χ4n) is 3.35. The molecule has 3 amide bonds. The van der Waals surface area contributed by atoms with Crippen molar-refractivity contribution in [3.63, 3.8) is 0 Å². The Labute approximate surface area is 163 Å². The number of carbonyl (C=O) groups excluding carboxylic acids is 3. The lowest BCUT2D eigenvalue weighted by Gasteiger charge is -2.26. The van der Waals surface area contributed by atoms with E-state index in [1.165, 1.54) is 0 Å². The molecule has 0 spiro atoms. The molecule has 0 aromatic heterocycles. The van der Waals surface area contributed by atoms with Crippen molar-refractivity contribution in [2.24, 2.45) is 0 Å². The highest BCUT2D eigenvalue weighted by Gasteiger charge is 2.25. The number of hydrogen-bond acceptors (Lipinski definition) is 3. The Morgan fingerprint density at radius 3 is 2.39 bits per heavy atom. The highest BCUT2D eigenvalue weighted by atomic mass is 16.2. The summed E-state index contributed by atoms with van der Waals surface area (Å²) in [7, 11) is 0. The Bertz CT molecular complexity index is 903. The standard InChI is InChI=1S/C22H23N3O3/c26-20-7-3-4-14-25(20)17-12-8-15(9-13-17)21(27)24-19-6-2-1-5-18(19)22(28)23-16-10-11-16/h1-2,5-6,8-9,12-13,16H,3-4,7,10-11,14H2,(H,23,28)(H,24,27). The third-order valence-electron chi connectivity index (χ3n) is 5.10. The van der Waals surface area contributed by atoms with Crippen molar-refractivity contribution in [3.05, 3.63) is 59.7 Å². The van der Waals surface area contributed by atoms with Crippen LogP contribution in [0.2, 0.25) is 0 Å². The first kappa shape index (κ1) is 18.2. The minimum absolute atomic E-state index is 0.124. The van der Waals surface area contributed by atoms with Crippen molar-refractivity contribution in [2.75, 3.05) is 16.8 Å². The van der Waals surface area contributed by atoms with Gasteiger partial charge < -0.3 is 15.5 Å². The molecule has 1 heterocycles. The number of hydrogen-bond donors (Lipinski definition) is 2. The molecule has 0 unspecified atom stereocenters. The molecule has 4 rings (SSSR count). The van der Waals surface area contributed by atoms with E-state index in [2.05, 4.69) is 10.6 Å². The molecule has 144 valence electrons. The van der Waals surface area contributed by atoms with Gasteiger partial charge in [-0.2, -0.15) is 0 Å². The lowest BCUT2D eigenvalue weighted by molar-refractivity contribution is -0.119. The molecular formula is C22H23N3O3. The Kier molecular flexibility index (Phi) is 5.10. The molecule has 1 saturated carbocycles. The molecule has 6 nitrogen and oxygen atoms in total. The van der Waals surface area contributed by atoms with Crippen LogP contribution in [0.3, 0.4) is 0 Å². The van der Waals surface area contributed by atoms with Gasteiger partial charge >= 0.3 is 0 Å². The van der Waals surface area contributed by atoms with Gasteiger partial charge in [-0.05, 0) is 62.1 Å². The number of nitrogens with one attached hydrogen (secondary N) is 2. The van der Waals surface area contributed by atoms with Crippen LogP contribution in [0.4, 0.5) is 11.4 Å². The molecule has 2 aromatic carbocycles. The van der Waals surface area contributed by atoms with Gasteiger partial charge in [-0.25, -0.2) is 0 Å². The fourth-order valence-corrected chi connectivity index (χ4v) is 3.35. The van der Waals surface area contributed by atoms with Gasteiger partial charge in [0.15, 0.2) is 0 Å². The van der Waals surface area contributed by atoms with E-state index in [-0.39, 0.29) is 23.8 Å². The fraction of sp³-hybridized carbons (Fsp3) is 0.318. The molecular weight excluding hydrogens is 354 g/mol. The third-order valence-corrected chi connectivity index (χ3v) is 5.10. The van der Waals surface area contributed by atoms with Crippen LogP contribution < -0.4 is 15.5 Å². The van der Waals surface area contributed by atoms with Crippen molar-refractivity contribution >= 4 is 29.1 Å². The van der Waals surface area contributed by atoms with Gasteiger partial charge in [-0.1, -0.05) is 12.1 Å². The van der Waals surface area contributed by atoms with Gasteiger partial charge in [0, 0.05) is 30.3 Å². The van der Waals surface area contributed by atoms with Crippen LogP contribution in [0.15, 0.2) is 48.5 Å². The van der Waals surface area contributed by atoms with Crippen molar-refractivity contribution in [2.45, 2.75) is 38.1 Å². The zero-order chi connectivity index (χ0) is 19.5. The minimum atomic E-state index is -0.289. The summed E-state index contributed by atoms with van der Waals surface area (Å²) < 4.78 is 0. The molecule has 2 aromatic rings. The van der Waals surface area contributed by atoms with Crippen LogP contribution in [0.25, 0.3) is 0 Å². The quantitative estimate of drug-likeness (QED) is 0.839. The molecule has 6 heteroatoms. The Morgan fingerprint density at radius 2 is 1.68 bits per heavy atom.